The van der Waals surface area contributed by atoms with Crippen molar-refractivity contribution in [2.45, 2.75) is 26.3 Å². The fraction of sp³-hybridized carbons (Fsp3) is 0.400. The maximum absolute atomic E-state index is 5.65. The normalized spacial score (nSPS) is 15.7. The minimum Gasteiger partial charge on any atom is -0.352 e. The van der Waals surface area contributed by atoms with Crippen LogP contribution in [0.25, 0.3) is 5.70 Å². The molecule has 5 heteroatoms. The van der Waals surface area contributed by atoms with Crippen molar-refractivity contribution >= 4 is 25.1 Å². The zero-order valence-corrected chi connectivity index (χ0v) is 9.20. The second-order valence-electron chi connectivity index (χ2n) is 4.56. The molecule has 1 aliphatic heterocycles. The van der Waals surface area contributed by atoms with Crippen molar-refractivity contribution in [2.24, 2.45) is 4.99 Å². The summed E-state index contributed by atoms with van der Waals surface area (Å²) in [5.74, 6) is 0.767. The van der Waals surface area contributed by atoms with E-state index in [1.54, 1.807) is 6.33 Å². The Labute approximate surface area is 90.5 Å². The highest BCUT2D eigenvalue weighted by Crippen LogP contribution is 2.31. The van der Waals surface area contributed by atoms with E-state index in [2.05, 4.69) is 42.6 Å². The van der Waals surface area contributed by atoms with Crippen LogP contribution in [0.15, 0.2) is 17.9 Å². The summed E-state index contributed by atoms with van der Waals surface area (Å²) in [5, 5.41) is 2.86. The van der Waals surface area contributed by atoms with Crippen molar-refractivity contribution in [2.75, 3.05) is 0 Å². The van der Waals surface area contributed by atoms with Gasteiger partial charge < -0.3 is 9.88 Å². The lowest BCUT2D eigenvalue weighted by atomic mass is 10.1. The Balaban J connectivity index is 2.62. The molecule has 76 valence electrons. The van der Waals surface area contributed by atoms with Gasteiger partial charge in [0.2, 0.25) is 0 Å². The lowest BCUT2D eigenvalue weighted by Crippen LogP contribution is -2.26. The average Bonchev–Trinajstić information content (AvgIpc) is 2.45. The smallest absolute Gasteiger partial charge is 0.167 e. The van der Waals surface area contributed by atoms with Gasteiger partial charge in [-0.15, -0.1) is 0 Å². The number of aromatic nitrogens is 2. The fourth-order valence-corrected chi connectivity index (χ4v) is 1.51. The minimum absolute atomic E-state index is 0.0675. The molecule has 2 heterocycles. The Morgan fingerprint density at radius 2 is 2.13 bits per heavy atom. The number of fused-ring (bicyclic) bond motifs is 1. The number of rotatable bonds is 0. The summed E-state index contributed by atoms with van der Waals surface area (Å²) in [4.78, 5) is 8.52. The van der Waals surface area contributed by atoms with Crippen LogP contribution in [0, 0.1) is 0 Å². The molecule has 0 aromatic carbocycles. The first-order chi connectivity index (χ1) is 6.89. The van der Waals surface area contributed by atoms with Gasteiger partial charge in [-0.3, -0.25) is 0 Å². The summed E-state index contributed by atoms with van der Waals surface area (Å²) < 4.78 is 1.99. The number of imidazole rings is 1. The van der Waals surface area contributed by atoms with Gasteiger partial charge in [0.05, 0.1) is 12.0 Å². The summed E-state index contributed by atoms with van der Waals surface area (Å²) in [6.45, 7) is 10.1. The third-order valence-corrected chi connectivity index (χ3v) is 2.26. The van der Waals surface area contributed by atoms with Crippen LogP contribution in [0.2, 0.25) is 0 Å². The molecule has 4 nitrogen and oxygen atoms in total. The molecule has 1 aliphatic rings. The molecular weight excluding hydrogens is 187 g/mol. The molecule has 0 saturated heterocycles. The van der Waals surface area contributed by atoms with Crippen LogP contribution < -0.4 is 5.32 Å². The third-order valence-electron chi connectivity index (χ3n) is 2.26. The molecule has 0 bridgehead atoms. The molecule has 0 atom stereocenters. The predicted octanol–water partition coefficient (Wildman–Crippen LogP) is 1.37. The lowest BCUT2D eigenvalue weighted by molar-refractivity contribution is 0.400. The first-order valence-corrected chi connectivity index (χ1v) is 4.78. The third kappa shape index (κ3) is 1.58. The number of aliphatic imine (C=N–C) groups is 1. The summed E-state index contributed by atoms with van der Waals surface area (Å²) in [6, 6.07) is 0. The maximum Gasteiger partial charge on any atom is 0.167 e. The van der Waals surface area contributed by atoms with Crippen LogP contribution in [0.1, 0.15) is 26.5 Å². The van der Waals surface area contributed by atoms with Gasteiger partial charge >= 0.3 is 0 Å². The molecule has 0 saturated carbocycles. The van der Waals surface area contributed by atoms with Crippen LogP contribution in [-0.4, -0.2) is 23.1 Å². The van der Waals surface area contributed by atoms with E-state index >= 15 is 0 Å². The van der Waals surface area contributed by atoms with E-state index in [9.17, 15) is 0 Å². The highest BCUT2D eigenvalue weighted by Gasteiger charge is 2.23. The SMILES string of the molecule is [B]C1=Nc2c(ncn2C(C)(C)C)C(=C)N1. The summed E-state index contributed by atoms with van der Waals surface area (Å²) in [6.07, 6.45) is 1.76. The van der Waals surface area contributed by atoms with E-state index < -0.39 is 0 Å². The molecular formula is C10H13BN4. The Kier molecular flexibility index (Phi) is 1.99. The van der Waals surface area contributed by atoms with Gasteiger partial charge in [0, 0.05) is 11.3 Å². The molecule has 1 aromatic heterocycles. The second-order valence-corrected chi connectivity index (χ2v) is 4.56. The summed E-state index contributed by atoms with van der Waals surface area (Å²) in [5.41, 5.74) is 1.75. The Bertz CT molecular complexity index is 450. The molecule has 1 N–H and O–H groups in total. The number of nitrogens with zero attached hydrogens (tertiary/aromatic N) is 3. The van der Waals surface area contributed by atoms with E-state index in [0.717, 1.165) is 11.5 Å². The van der Waals surface area contributed by atoms with Crippen molar-refractivity contribution < 1.29 is 0 Å². The lowest BCUT2D eigenvalue weighted by Gasteiger charge is -2.24. The Hall–Kier alpha value is -1.52. The van der Waals surface area contributed by atoms with Gasteiger partial charge in [-0.2, -0.15) is 0 Å². The fourth-order valence-electron chi connectivity index (χ4n) is 1.51. The van der Waals surface area contributed by atoms with Gasteiger partial charge in [-0.25, -0.2) is 9.98 Å². The largest absolute Gasteiger partial charge is 0.352 e. The molecule has 0 spiro atoms. The Morgan fingerprint density at radius 3 is 2.73 bits per heavy atom. The highest BCUT2D eigenvalue weighted by atomic mass is 15.2. The van der Waals surface area contributed by atoms with Crippen LogP contribution in [0.4, 0.5) is 5.82 Å². The number of amidine groups is 1. The van der Waals surface area contributed by atoms with Crippen molar-refractivity contribution in [3.63, 3.8) is 0 Å². The first kappa shape index (κ1) is 10.0. The van der Waals surface area contributed by atoms with Gasteiger partial charge in [0.25, 0.3) is 0 Å². The molecule has 0 fully saturated rings. The predicted molar refractivity (Wildman–Crippen MR) is 62.2 cm³/mol. The molecule has 0 amide bonds. The molecule has 2 radical (unpaired) electrons. The van der Waals surface area contributed by atoms with E-state index in [1.807, 2.05) is 4.57 Å². The van der Waals surface area contributed by atoms with Crippen LogP contribution in [0.5, 0.6) is 0 Å². The van der Waals surface area contributed by atoms with Gasteiger partial charge in [-0.1, -0.05) is 6.58 Å². The number of nitrogens with one attached hydrogen (secondary N) is 1. The number of hydrogen-bond acceptors (Lipinski definition) is 3. The second kappa shape index (κ2) is 2.99. The zero-order valence-electron chi connectivity index (χ0n) is 9.20. The van der Waals surface area contributed by atoms with Crippen molar-refractivity contribution in [3.8, 4) is 0 Å². The average molecular weight is 200 g/mol. The Morgan fingerprint density at radius 1 is 1.47 bits per heavy atom. The summed E-state index contributed by atoms with van der Waals surface area (Å²) >= 11 is 0. The zero-order chi connectivity index (χ0) is 11.2. The van der Waals surface area contributed by atoms with Crippen LogP contribution >= 0.6 is 0 Å². The molecule has 0 unspecified atom stereocenters. The first-order valence-electron chi connectivity index (χ1n) is 4.78. The standard InChI is InChI=1S/C10H13BN4/c1-6-7-8(14-9(11)13-6)15(5-12-7)10(2,3)4/h5H,1H2,2-4H3,(H,13,14). The van der Waals surface area contributed by atoms with E-state index in [1.165, 1.54) is 0 Å². The molecule has 15 heavy (non-hydrogen) atoms. The minimum atomic E-state index is -0.0675. The van der Waals surface area contributed by atoms with E-state index in [4.69, 9.17) is 7.85 Å². The van der Waals surface area contributed by atoms with Crippen LogP contribution in [-0.2, 0) is 5.54 Å². The highest BCUT2D eigenvalue weighted by molar-refractivity contribution is 6.60. The quantitative estimate of drug-likeness (QED) is 0.642. The number of hydrogen-bond donors (Lipinski definition) is 1. The van der Waals surface area contributed by atoms with E-state index in [-0.39, 0.29) is 5.54 Å². The van der Waals surface area contributed by atoms with Gasteiger partial charge in [-0.05, 0) is 20.8 Å². The maximum atomic E-state index is 5.65. The van der Waals surface area contributed by atoms with Crippen molar-refractivity contribution in [3.05, 3.63) is 18.6 Å². The topological polar surface area (TPSA) is 42.2 Å². The molecule has 2 rings (SSSR count). The molecule has 0 aliphatic carbocycles. The molecule has 1 aromatic rings. The van der Waals surface area contributed by atoms with Crippen LogP contribution in [0.3, 0.4) is 0 Å². The van der Waals surface area contributed by atoms with E-state index in [0.29, 0.717) is 11.4 Å². The van der Waals surface area contributed by atoms with Gasteiger partial charge in [0.15, 0.2) is 13.7 Å². The monoisotopic (exact) mass is 200 g/mol. The van der Waals surface area contributed by atoms with Gasteiger partial charge in [0.1, 0.15) is 5.69 Å². The van der Waals surface area contributed by atoms with Crippen molar-refractivity contribution in [1.82, 2.24) is 14.9 Å². The van der Waals surface area contributed by atoms with Crippen molar-refractivity contribution in [1.29, 1.82) is 0 Å². The summed E-state index contributed by atoms with van der Waals surface area (Å²) in [7, 11) is 5.65.